The summed E-state index contributed by atoms with van der Waals surface area (Å²) < 4.78 is 32.0. The van der Waals surface area contributed by atoms with Gasteiger partial charge in [0.15, 0.2) is 0 Å². The lowest BCUT2D eigenvalue weighted by Crippen LogP contribution is -2.27. The Bertz CT molecular complexity index is 865. The molecule has 1 heterocycles. The molecule has 1 aromatic heterocycles. The van der Waals surface area contributed by atoms with E-state index in [2.05, 4.69) is 10.3 Å². The summed E-state index contributed by atoms with van der Waals surface area (Å²) in [5.74, 6) is 0.0590. The lowest BCUT2D eigenvalue weighted by Gasteiger charge is -2.21. The molecule has 0 aliphatic heterocycles. The topological polar surface area (TPSA) is 88.6 Å². The van der Waals surface area contributed by atoms with E-state index < -0.39 is 10.0 Å². The van der Waals surface area contributed by atoms with Crippen molar-refractivity contribution in [2.75, 3.05) is 23.8 Å². The van der Waals surface area contributed by atoms with Gasteiger partial charge < -0.3 is 10.1 Å². The molecular formula is C16H19N3O4S. The van der Waals surface area contributed by atoms with Crippen molar-refractivity contribution in [3.63, 3.8) is 0 Å². The smallest absolute Gasteiger partial charge is 0.264 e. The number of sulfonamides is 1. The predicted molar refractivity (Wildman–Crippen MR) is 91.9 cm³/mol. The average Bonchev–Trinajstić information content (AvgIpc) is 2.54. The summed E-state index contributed by atoms with van der Waals surface area (Å²) in [5, 5.41) is 2.57. The molecule has 2 rings (SSSR count). The summed E-state index contributed by atoms with van der Waals surface area (Å²) in [6.45, 7) is 3.07. The van der Waals surface area contributed by atoms with Gasteiger partial charge in [-0.15, -0.1) is 0 Å². The third-order valence-corrected chi connectivity index (χ3v) is 5.23. The van der Waals surface area contributed by atoms with Gasteiger partial charge in [-0.3, -0.25) is 14.1 Å². The average molecular weight is 349 g/mol. The van der Waals surface area contributed by atoms with Gasteiger partial charge in [0.05, 0.1) is 29.1 Å². The van der Waals surface area contributed by atoms with Crippen LogP contribution in [0, 0.1) is 6.92 Å². The fraction of sp³-hybridized carbons (Fsp3) is 0.250. The molecule has 0 aliphatic carbocycles. The molecule has 0 aliphatic rings. The fourth-order valence-electron chi connectivity index (χ4n) is 2.23. The largest absolute Gasteiger partial charge is 0.495 e. The van der Waals surface area contributed by atoms with Crippen LogP contribution in [-0.2, 0) is 14.8 Å². The number of carbonyl (C=O) groups is 1. The Morgan fingerprint density at radius 2 is 2.00 bits per heavy atom. The predicted octanol–water partition coefficient (Wildman–Crippen LogP) is 2.18. The minimum atomic E-state index is -3.81. The van der Waals surface area contributed by atoms with Crippen molar-refractivity contribution < 1.29 is 17.9 Å². The molecule has 0 bridgehead atoms. The van der Waals surface area contributed by atoms with Crippen LogP contribution in [-0.4, -0.2) is 33.5 Å². The highest BCUT2D eigenvalue weighted by atomic mass is 32.2. The normalized spacial score (nSPS) is 11.0. The maximum absolute atomic E-state index is 12.9. The van der Waals surface area contributed by atoms with Crippen molar-refractivity contribution in [1.29, 1.82) is 0 Å². The highest BCUT2D eigenvalue weighted by Gasteiger charge is 2.24. The second-order valence-corrected chi connectivity index (χ2v) is 7.09. The third kappa shape index (κ3) is 3.48. The number of nitrogens with zero attached hydrogens (tertiary/aromatic N) is 2. The number of anilines is 2. The van der Waals surface area contributed by atoms with Gasteiger partial charge in [-0.05, 0) is 37.3 Å². The number of hydrogen-bond acceptors (Lipinski definition) is 5. The van der Waals surface area contributed by atoms with Gasteiger partial charge in [-0.25, -0.2) is 8.42 Å². The zero-order valence-corrected chi connectivity index (χ0v) is 14.7. The molecule has 0 atom stereocenters. The van der Waals surface area contributed by atoms with Crippen molar-refractivity contribution in [1.82, 2.24) is 4.98 Å². The molecule has 0 unspecified atom stereocenters. The van der Waals surface area contributed by atoms with Crippen LogP contribution in [0.4, 0.5) is 11.4 Å². The van der Waals surface area contributed by atoms with Crippen molar-refractivity contribution >= 4 is 27.3 Å². The number of methoxy groups -OCH3 is 1. The molecule has 128 valence electrons. The van der Waals surface area contributed by atoms with Crippen molar-refractivity contribution in [2.24, 2.45) is 0 Å². The Morgan fingerprint density at radius 1 is 1.29 bits per heavy atom. The molecule has 0 radical (unpaired) electrons. The number of benzene rings is 1. The first-order valence-corrected chi connectivity index (χ1v) is 8.57. The maximum atomic E-state index is 12.9. The molecular weight excluding hydrogens is 330 g/mol. The number of nitrogens with one attached hydrogen (secondary N) is 1. The van der Waals surface area contributed by atoms with Crippen LogP contribution in [0.1, 0.15) is 12.6 Å². The van der Waals surface area contributed by atoms with Crippen molar-refractivity contribution in [3.05, 3.63) is 42.2 Å². The van der Waals surface area contributed by atoms with E-state index in [4.69, 9.17) is 4.74 Å². The lowest BCUT2D eigenvalue weighted by atomic mass is 10.3. The number of carbonyl (C=O) groups excluding carboxylic acids is 1. The minimum absolute atomic E-state index is 0.0396. The molecule has 0 saturated heterocycles. The number of ether oxygens (including phenoxy) is 1. The van der Waals surface area contributed by atoms with E-state index in [1.54, 1.807) is 25.3 Å². The van der Waals surface area contributed by atoms with Crippen molar-refractivity contribution in [3.8, 4) is 5.75 Å². The minimum Gasteiger partial charge on any atom is -0.495 e. The molecule has 1 N–H and O–H groups in total. The zero-order chi connectivity index (χ0) is 17.9. The van der Waals surface area contributed by atoms with Crippen molar-refractivity contribution in [2.45, 2.75) is 18.7 Å². The van der Waals surface area contributed by atoms with E-state index in [9.17, 15) is 13.2 Å². The Labute approximate surface area is 141 Å². The molecule has 0 saturated carbocycles. The molecule has 0 fully saturated rings. The van der Waals surface area contributed by atoms with Crippen LogP contribution in [0.5, 0.6) is 5.75 Å². The van der Waals surface area contributed by atoms with Gasteiger partial charge in [0, 0.05) is 20.2 Å². The first kappa shape index (κ1) is 17.7. The first-order valence-electron chi connectivity index (χ1n) is 7.13. The Balaban J connectivity index is 2.49. The monoisotopic (exact) mass is 349 g/mol. The van der Waals surface area contributed by atoms with Crippen LogP contribution in [0.2, 0.25) is 0 Å². The van der Waals surface area contributed by atoms with Gasteiger partial charge >= 0.3 is 0 Å². The second kappa shape index (κ2) is 6.88. The van der Waals surface area contributed by atoms with Crippen LogP contribution in [0.15, 0.2) is 41.4 Å². The molecule has 1 aromatic carbocycles. The highest BCUT2D eigenvalue weighted by molar-refractivity contribution is 7.92. The van der Waals surface area contributed by atoms with Gasteiger partial charge in [0.1, 0.15) is 5.75 Å². The Hall–Kier alpha value is -2.61. The van der Waals surface area contributed by atoms with Crippen LogP contribution >= 0.6 is 0 Å². The van der Waals surface area contributed by atoms with Gasteiger partial charge in [0.2, 0.25) is 5.91 Å². The molecule has 1 amide bonds. The maximum Gasteiger partial charge on any atom is 0.264 e. The zero-order valence-electron chi connectivity index (χ0n) is 13.9. The summed E-state index contributed by atoms with van der Waals surface area (Å²) in [6.07, 6.45) is 1.60. The molecule has 8 heteroatoms. The second-order valence-electron chi connectivity index (χ2n) is 5.12. The Morgan fingerprint density at radius 3 is 2.58 bits per heavy atom. The number of aromatic nitrogens is 1. The molecule has 7 nitrogen and oxygen atoms in total. The van der Waals surface area contributed by atoms with E-state index >= 15 is 0 Å². The molecule has 24 heavy (non-hydrogen) atoms. The quantitative estimate of drug-likeness (QED) is 0.894. The van der Waals surface area contributed by atoms with E-state index in [1.165, 1.54) is 39.3 Å². The van der Waals surface area contributed by atoms with Crippen LogP contribution in [0.3, 0.4) is 0 Å². The summed E-state index contributed by atoms with van der Waals surface area (Å²) in [5.41, 5.74) is 1.37. The highest BCUT2D eigenvalue weighted by Crippen LogP contribution is 2.30. The molecule has 0 spiro atoms. The van der Waals surface area contributed by atoms with Gasteiger partial charge in [-0.2, -0.15) is 0 Å². The van der Waals surface area contributed by atoms with E-state index in [0.29, 0.717) is 22.8 Å². The number of amides is 1. The summed E-state index contributed by atoms with van der Waals surface area (Å²) in [4.78, 5) is 15.5. The fourth-order valence-corrected chi connectivity index (χ4v) is 3.51. The summed E-state index contributed by atoms with van der Waals surface area (Å²) in [6, 6.07) is 7.66. The van der Waals surface area contributed by atoms with E-state index in [-0.39, 0.29) is 10.8 Å². The number of aryl methyl sites for hydroxylation is 1. The standard InChI is InChI=1S/C16H19N3O4S/c1-11-15(6-5-9-17-11)19(3)24(21,22)13-7-8-16(23-4)14(10-13)18-12(2)20/h5-10H,1-4H3,(H,18,20). The van der Waals surface area contributed by atoms with Gasteiger partial charge in [-0.1, -0.05) is 0 Å². The van der Waals surface area contributed by atoms with Gasteiger partial charge in [0.25, 0.3) is 10.0 Å². The number of rotatable bonds is 5. The third-order valence-electron chi connectivity index (χ3n) is 3.46. The van der Waals surface area contributed by atoms with E-state index in [1.807, 2.05) is 0 Å². The number of pyridine rings is 1. The SMILES string of the molecule is COc1ccc(S(=O)(=O)N(C)c2cccnc2C)cc1NC(C)=O. The molecule has 2 aromatic rings. The number of hydrogen-bond donors (Lipinski definition) is 1. The Kier molecular flexibility index (Phi) is 5.08. The first-order chi connectivity index (χ1) is 11.3. The van der Waals surface area contributed by atoms with Crippen LogP contribution in [0.25, 0.3) is 0 Å². The summed E-state index contributed by atoms with van der Waals surface area (Å²) in [7, 11) is -0.907. The van der Waals surface area contributed by atoms with Crippen LogP contribution < -0.4 is 14.4 Å². The summed E-state index contributed by atoms with van der Waals surface area (Å²) >= 11 is 0. The van der Waals surface area contributed by atoms with E-state index in [0.717, 1.165) is 4.31 Å². The lowest BCUT2D eigenvalue weighted by molar-refractivity contribution is -0.114.